The van der Waals surface area contributed by atoms with Crippen LogP contribution in [-0.4, -0.2) is 82.3 Å². The average Bonchev–Trinajstić information content (AvgIpc) is 3.40. The van der Waals surface area contributed by atoms with E-state index in [1.807, 2.05) is 11.8 Å². The number of halogens is 3. The number of benzene rings is 1. The number of fused-ring (bicyclic) bond motifs is 3. The Kier molecular flexibility index (Phi) is 7.21. The maximum atomic E-state index is 12.8. The number of carboxylic acid groups (broad SMARTS) is 1. The normalized spacial score (nSPS) is 27.2. The Morgan fingerprint density at radius 1 is 1.23 bits per heavy atom. The first kappa shape index (κ1) is 26.5. The van der Waals surface area contributed by atoms with Crippen molar-refractivity contribution in [3.8, 4) is 0 Å². The molecule has 0 unspecified atom stereocenters. The van der Waals surface area contributed by atoms with E-state index in [0.29, 0.717) is 17.5 Å². The van der Waals surface area contributed by atoms with Crippen LogP contribution in [0.2, 0.25) is 0 Å². The third-order valence-corrected chi connectivity index (χ3v) is 7.43. The average molecular weight is 516 g/mol. The lowest BCUT2D eigenvalue weighted by atomic mass is 9.81. The molecular formula is C22H24F3N3O6S. The van der Waals surface area contributed by atoms with Crippen molar-refractivity contribution in [3.63, 3.8) is 0 Å². The van der Waals surface area contributed by atoms with Crippen LogP contribution in [0.4, 0.5) is 13.2 Å². The van der Waals surface area contributed by atoms with Gasteiger partial charge in [0, 0.05) is 12.8 Å². The molecule has 0 aromatic heterocycles. The number of rotatable bonds is 3. The Hall–Kier alpha value is -3.09. The zero-order valence-corrected chi connectivity index (χ0v) is 20.1. The third kappa shape index (κ3) is 4.60. The molecule has 1 aromatic carbocycles. The molecule has 1 N–H and O–H groups in total. The fraction of sp³-hybridized carbons (Fsp3) is 0.500. The predicted molar refractivity (Wildman–Crippen MR) is 119 cm³/mol. The number of esters is 1. The summed E-state index contributed by atoms with van der Waals surface area (Å²) in [4.78, 5) is 54.9. The maximum Gasteiger partial charge on any atom is 0.490 e. The highest BCUT2D eigenvalue weighted by atomic mass is 32.2. The number of aliphatic carboxylic acids is 1. The number of likely N-dealkylation sites (tertiary alicyclic amines) is 1. The zero-order chi connectivity index (χ0) is 26.3. The van der Waals surface area contributed by atoms with Crippen molar-refractivity contribution in [1.82, 2.24) is 9.80 Å². The van der Waals surface area contributed by atoms with E-state index in [2.05, 4.69) is 29.3 Å². The van der Waals surface area contributed by atoms with Gasteiger partial charge >= 0.3 is 18.1 Å². The Bertz CT molecular complexity index is 1080. The van der Waals surface area contributed by atoms with Gasteiger partial charge in [-0.25, -0.2) is 9.59 Å². The van der Waals surface area contributed by atoms with Crippen LogP contribution in [0.5, 0.6) is 0 Å². The molecule has 9 nitrogen and oxygen atoms in total. The van der Waals surface area contributed by atoms with Crippen molar-refractivity contribution < 1.29 is 42.2 Å². The Balaban J connectivity index is 0.000000429. The summed E-state index contributed by atoms with van der Waals surface area (Å²) in [5.74, 6) is -4.44. The second kappa shape index (κ2) is 9.51. The standard InChI is InChI=1S/C20H23N3O4S.C2HF3O2/c1-11-5-7-12(8-6-11)10-28-19-21-9-13-14-15(17(25)22(3)16(14)24)20(2,23(13)19)18(26)27-4;3-2(4,5)1(6)7/h5-8,13-15H,9-10H2,1-4H3;(H,6,7)/t13-,14+,15-,20-;/m1./s1. The van der Waals surface area contributed by atoms with Crippen LogP contribution in [0, 0.1) is 18.8 Å². The summed E-state index contributed by atoms with van der Waals surface area (Å²) < 4.78 is 36.8. The first-order valence-electron chi connectivity index (χ1n) is 10.5. The zero-order valence-electron chi connectivity index (χ0n) is 19.3. The van der Waals surface area contributed by atoms with E-state index in [-0.39, 0.29) is 17.9 Å². The number of aryl methyl sites for hydroxylation is 1. The summed E-state index contributed by atoms with van der Waals surface area (Å²) in [6.07, 6.45) is -5.08. The molecule has 2 fully saturated rings. The van der Waals surface area contributed by atoms with Crippen LogP contribution in [0.15, 0.2) is 29.3 Å². The fourth-order valence-electron chi connectivity index (χ4n) is 4.63. The molecule has 3 heterocycles. The molecule has 13 heteroatoms. The number of nitrogens with zero attached hydrogens (tertiary/aromatic N) is 3. The number of amidine groups is 1. The fourth-order valence-corrected chi connectivity index (χ4v) is 5.75. The Morgan fingerprint density at radius 2 is 1.80 bits per heavy atom. The number of methoxy groups -OCH3 is 1. The van der Waals surface area contributed by atoms with Crippen LogP contribution >= 0.6 is 11.8 Å². The summed E-state index contributed by atoms with van der Waals surface area (Å²) in [5, 5.41) is 7.82. The minimum atomic E-state index is -5.08. The highest BCUT2D eigenvalue weighted by Gasteiger charge is 2.71. The summed E-state index contributed by atoms with van der Waals surface area (Å²) in [7, 11) is 2.79. The van der Waals surface area contributed by atoms with Crippen LogP contribution in [0.25, 0.3) is 0 Å². The van der Waals surface area contributed by atoms with Gasteiger partial charge in [0.2, 0.25) is 11.8 Å². The number of hydrogen-bond donors (Lipinski definition) is 1. The number of aliphatic imine (C=N–C) groups is 1. The first-order valence-corrected chi connectivity index (χ1v) is 11.5. The second-order valence-electron chi connectivity index (χ2n) is 8.52. The maximum absolute atomic E-state index is 12.8. The Morgan fingerprint density at radius 3 is 2.31 bits per heavy atom. The van der Waals surface area contributed by atoms with Gasteiger partial charge in [-0.3, -0.25) is 19.5 Å². The monoisotopic (exact) mass is 515 g/mol. The van der Waals surface area contributed by atoms with Crippen LogP contribution in [0.3, 0.4) is 0 Å². The lowest BCUT2D eigenvalue weighted by molar-refractivity contribution is -0.192. The molecule has 0 radical (unpaired) electrons. The quantitative estimate of drug-likeness (QED) is 0.481. The predicted octanol–water partition coefficient (Wildman–Crippen LogP) is 2.08. The molecule has 0 saturated carbocycles. The second-order valence-corrected chi connectivity index (χ2v) is 9.46. The molecule has 4 rings (SSSR count). The molecule has 0 spiro atoms. The van der Waals surface area contributed by atoms with E-state index in [0.717, 1.165) is 10.5 Å². The van der Waals surface area contributed by atoms with Crippen LogP contribution in [-0.2, 0) is 29.7 Å². The minimum absolute atomic E-state index is 0.238. The lowest BCUT2D eigenvalue weighted by Crippen LogP contribution is -2.57. The van der Waals surface area contributed by atoms with Gasteiger partial charge in [-0.2, -0.15) is 13.2 Å². The van der Waals surface area contributed by atoms with Gasteiger partial charge in [-0.1, -0.05) is 41.6 Å². The van der Waals surface area contributed by atoms with Crippen LogP contribution in [0.1, 0.15) is 18.1 Å². The van der Waals surface area contributed by atoms with Crippen molar-refractivity contribution in [2.45, 2.75) is 37.4 Å². The van der Waals surface area contributed by atoms with Crippen molar-refractivity contribution >= 4 is 40.7 Å². The van der Waals surface area contributed by atoms with E-state index in [1.54, 1.807) is 6.92 Å². The lowest BCUT2D eigenvalue weighted by Gasteiger charge is -2.37. The van der Waals surface area contributed by atoms with E-state index in [9.17, 15) is 27.6 Å². The molecule has 2 saturated heterocycles. The third-order valence-electron chi connectivity index (χ3n) is 6.37. The number of carbonyl (C=O) groups is 4. The molecule has 3 aliphatic heterocycles. The SMILES string of the molecule is COC(=O)[C@@]1(C)[C@H]2C(=O)N(C)C(=O)[C@H]2[C@H]2CN=C(SCc3ccc(C)cc3)N21.O=C(O)C(F)(F)F. The van der Waals surface area contributed by atoms with Gasteiger partial charge in [0.25, 0.3) is 0 Å². The van der Waals surface area contributed by atoms with Gasteiger partial charge in [0.15, 0.2) is 5.17 Å². The number of carboxylic acids is 1. The van der Waals surface area contributed by atoms with E-state index in [4.69, 9.17) is 14.6 Å². The summed E-state index contributed by atoms with van der Waals surface area (Å²) in [6.45, 7) is 4.14. The first-order chi connectivity index (χ1) is 16.2. The van der Waals surface area contributed by atoms with E-state index in [1.165, 1.54) is 31.5 Å². The molecule has 190 valence electrons. The molecule has 3 aliphatic rings. The Labute approximate surface area is 203 Å². The topological polar surface area (TPSA) is 117 Å². The summed E-state index contributed by atoms with van der Waals surface area (Å²) in [6, 6.07) is 7.95. The van der Waals surface area contributed by atoms with E-state index < -0.39 is 35.5 Å². The number of ether oxygens (including phenoxy) is 1. The number of alkyl halides is 3. The van der Waals surface area contributed by atoms with Gasteiger partial charge in [-0.05, 0) is 19.4 Å². The van der Waals surface area contributed by atoms with Crippen molar-refractivity contribution in [3.05, 3.63) is 35.4 Å². The summed E-state index contributed by atoms with van der Waals surface area (Å²) in [5.41, 5.74) is 1.10. The van der Waals surface area contributed by atoms with Gasteiger partial charge in [0.05, 0.1) is 31.5 Å². The number of imide groups is 1. The minimum Gasteiger partial charge on any atom is -0.475 e. The molecular weight excluding hydrogens is 491 g/mol. The van der Waals surface area contributed by atoms with Gasteiger partial charge < -0.3 is 14.7 Å². The molecule has 1 aromatic rings. The molecule has 35 heavy (non-hydrogen) atoms. The smallest absolute Gasteiger partial charge is 0.475 e. The molecule has 0 bridgehead atoms. The van der Waals surface area contributed by atoms with Gasteiger partial charge in [0.1, 0.15) is 5.54 Å². The highest BCUT2D eigenvalue weighted by Crippen LogP contribution is 2.52. The molecule has 4 atom stereocenters. The van der Waals surface area contributed by atoms with Gasteiger partial charge in [-0.15, -0.1) is 0 Å². The number of amides is 2. The van der Waals surface area contributed by atoms with Crippen molar-refractivity contribution in [2.24, 2.45) is 16.8 Å². The van der Waals surface area contributed by atoms with Crippen molar-refractivity contribution in [1.29, 1.82) is 0 Å². The highest BCUT2D eigenvalue weighted by molar-refractivity contribution is 8.13. The molecule has 2 amide bonds. The van der Waals surface area contributed by atoms with Crippen molar-refractivity contribution in [2.75, 3.05) is 20.7 Å². The summed E-state index contributed by atoms with van der Waals surface area (Å²) >= 11 is 1.52. The van der Waals surface area contributed by atoms with Crippen LogP contribution < -0.4 is 0 Å². The molecule has 0 aliphatic carbocycles. The number of thioether (sulfide) groups is 1. The number of carbonyl (C=O) groups excluding carboxylic acids is 3. The van der Waals surface area contributed by atoms with E-state index >= 15 is 0 Å². The largest absolute Gasteiger partial charge is 0.490 e. The number of hydrogen-bond acceptors (Lipinski definition) is 8.